The predicted molar refractivity (Wildman–Crippen MR) is 110 cm³/mol. The normalized spacial score (nSPS) is 29.3. The van der Waals surface area contributed by atoms with E-state index in [-0.39, 0.29) is 24.6 Å². The molecule has 0 saturated heterocycles. The van der Waals surface area contributed by atoms with Crippen LogP contribution in [0.25, 0.3) is 0 Å². The predicted octanol–water partition coefficient (Wildman–Crippen LogP) is 6.95. The first-order valence-electron chi connectivity index (χ1n) is 9.50. The Kier molecular flexibility index (Phi) is 4.78. The van der Waals surface area contributed by atoms with E-state index in [2.05, 4.69) is 77.4 Å². The maximum atomic E-state index is 2.63. The second-order valence-corrected chi connectivity index (χ2v) is 25.2. The summed E-state index contributed by atoms with van der Waals surface area (Å²) >= 11 is 0.00670. The van der Waals surface area contributed by atoms with Gasteiger partial charge in [-0.15, -0.1) is 0 Å². The van der Waals surface area contributed by atoms with Gasteiger partial charge < -0.3 is 0 Å². The zero-order valence-electron chi connectivity index (χ0n) is 16.9. The van der Waals surface area contributed by atoms with Gasteiger partial charge in [0, 0.05) is 0 Å². The maximum absolute atomic E-state index is 2.63. The van der Waals surface area contributed by atoms with E-state index in [9.17, 15) is 0 Å². The van der Waals surface area contributed by atoms with Crippen LogP contribution in [0, 0.1) is 5.41 Å². The third-order valence-electron chi connectivity index (χ3n) is 6.05. The van der Waals surface area contributed by atoms with Crippen molar-refractivity contribution in [2.75, 3.05) is 0 Å². The molecule has 3 rings (SSSR count). The number of hydrogen-bond donors (Lipinski definition) is 0. The number of hydrogen-bond acceptors (Lipinski definition) is 0. The molecule has 0 nitrogen and oxygen atoms in total. The van der Waals surface area contributed by atoms with Gasteiger partial charge in [-0.2, -0.15) is 0 Å². The Balaban J connectivity index is 2.23. The van der Waals surface area contributed by atoms with Crippen LogP contribution in [0.4, 0.5) is 0 Å². The minimum absolute atomic E-state index is 0.00670. The molecular weight excluding hydrogens is 356 g/mol. The molecule has 0 aromatic carbocycles. The molecule has 0 aromatic heterocycles. The summed E-state index contributed by atoms with van der Waals surface area (Å²) in [5.41, 5.74) is 7.29. The van der Waals surface area contributed by atoms with Crippen LogP contribution >= 0.6 is 0 Å². The summed E-state index contributed by atoms with van der Waals surface area (Å²) in [4.78, 5) is 0. The molecule has 2 aliphatic carbocycles. The van der Waals surface area contributed by atoms with Gasteiger partial charge in [0.25, 0.3) is 0 Å². The Morgan fingerprint density at radius 1 is 0.792 bits per heavy atom. The second kappa shape index (κ2) is 6.08. The van der Waals surface area contributed by atoms with Gasteiger partial charge in [-0.1, -0.05) is 0 Å². The third kappa shape index (κ3) is 3.13. The molecule has 0 radical (unpaired) electrons. The number of rotatable bonds is 2. The zero-order valence-corrected chi connectivity index (χ0v) is 20.4. The molecule has 0 spiro atoms. The van der Waals surface area contributed by atoms with E-state index in [0.29, 0.717) is 0 Å². The van der Waals surface area contributed by atoms with Crippen LogP contribution in [0.2, 0.25) is 47.0 Å². The van der Waals surface area contributed by atoms with Gasteiger partial charge in [0.15, 0.2) is 0 Å². The fraction of sp³-hybridized carbons (Fsp3) is 0.619. The first-order valence-corrected chi connectivity index (χ1v) is 18.5. The Hall–Kier alpha value is 0.108. The van der Waals surface area contributed by atoms with Crippen LogP contribution in [0.3, 0.4) is 0 Å². The quantitative estimate of drug-likeness (QED) is 0.447. The molecule has 24 heavy (non-hydrogen) atoms. The van der Waals surface area contributed by atoms with Crippen LogP contribution in [0.5, 0.6) is 0 Å². The summed E-state index contributed by atoms with van der Waals surface area (Å²) in [5, 5.41) is 0. The minimum atomic E-state index is -1.19. The van der Waals surface area contributed by atoms with Gasteiger partial charge in [0.2, 0.25) is 0 Å². The van der Waals surface area contributed by atoms with Crippen molar-refractivity contribution in [3.05, 3.63) is 46.6 Å². The van der Waals surface area contributed by atoms with Gasteiger partial charge in [-0.05, 0) is 0 Å². The van der Waals surface area contributed by atoms with E-state index in [1.54, 1.807) is 11.1 Å². The van der Waals surface area contributed by atoms with Crippen LogP contribution in [-0.4, -0.2) is 16.1 Å². The van der Waals surface area contributed by atoms with E-state index in [0.717, 1.165) is 7.69 Å². The molecule has 0 amide bonds. The van der Waals surface area contributed by atoms with Gasteiger partial charge in [-0.25, -0.2) is 0 Å². The topological polar surface area (TPSA) is 0 Å². The first-order chi connectivity index (χ1) is 10.9. The molecule has 1 heterocycles. The molecular formula is C21H34Si2Ti. The van der Waals surface area contributed by atoms with Crippen molar-refractivity contribution in [1.82, 2.24) is 0 Å². The number of allylic oxidation sites excluding steroid dienone is 8. The second-order valence-electron chi connectivity index (χ2n) is 10.5. The van der Waals surface area contributed by atoms with Crippen molar-refractivity contribution in [2.45, 2.75) is 73.7 Å². The SMILES string of the molecule is CC1(C)C2=C(CC=C2)[CH]([Si](C)(C)C)[Ti][CH]([Si](C)(C)C)C2=C1C=CC2. The summed E-state index contributed by atoms with van der Waals surface area (Å²) in [6.45, 7) is 20.8. The van der Waals surface area contributed by atoms with E-state index in [1.807, 2.05) is 11.1 Å². The summed E-state index contributed by atoms with van der Waals surface area (Å²) < 4.78 is 1.93. The van der Waals surface area contributed by atoms with E-state index < -0.39 is 16.1 Å². The average Bonchev–Trinajstić information content (AvgIpc) is 3.03. The first kappa shape index (κ1) is 18.9. The summed E-state index contributed by atoms with van der Waals surface area (Å²) in [6, 6.07) is 0. The monoisotopic (exact) mass is 390 g/mol. The van der Waals surface area contributed by atoms with Crippen LogP contribution < -0.4 is 0 Å². The standard InChI is InChI=1S/C21H34Si2.Ti/c1-21(2,19-13-9-11-17(19)15-22(3,4)5)20-14-10-12-18(20)16-23(6,7)8;/h9-10,13-16H,11-12H2,1-8H3;. The fourth-order valence-corrected chi connectivity index (χ4v) is 17.3. The molecule has 2 atom stereocenters. The van der Waals surface area contributed by atoms with Gasteiger partial charge in [-0.3, -0.25) is 0 Å². The molecule has 0 aromatic rings. The Labute approximate surface area is 160 Å². The van der Waals surface area contributed by atoms with Crippen molar-refractivity contribution in [2.24, 2.45) is 5.41 Å². The Morgan fingerprint density at radius 3 is 1.50 bits per heavy atom. The van der Waals surface area contributed by atoms with E-state index in [1.165, 1.54) is 12.8 Å². The van der Waals surface area contributed by atoms with Crippen molar-refractivity contribution < 1.29 is 19.2 Å². The molecule has 0 saturated carbocycles. The van der Waals surface area contributed by atoms with Crippen molar-refractivity contribution in [3.63, 3.8) is 0 Å². The third-order valence-corrected chi connectivity index (χ3v) is 21.8. The molecule has 1 aliphatic heterocycles. The average molecular weight is 391 g/mol. The molecule has 130 valence electrons. The molecule has 0 bridgehead atoms. The van der Waals surface area contributed by atoms with Gasteiger partial charge >= 0.3 is 161 Å². The summed E-state index contributed by atoms with van der Waals surface area (Å²) in [5.74, 6) is 0. The summed E-state index contributed by atoms with van der Waals surface area (Å²) in [7, 11) is -2.37. The van der Waals surface area contributed by atoms with Crippen LogP contribution in [-0.2, 0) is 19.2 Å². The van der Waals surface area contributed by atoms with Crippen molar-refractivity contribution in [1.29, 1.82) is 0 Å². The summed E-state index contributed by atoms with van der Waals surface area (Å²) in [6.07, 6.45) is 12.4. The Bertz CT molecular complexity index is 607. The molecule has 0 N–H and O–H groups in total. The Morgan fingerprint density at radius 2 is 1.17 bits per heavy atom. The van der Waals surface area contributed by atoms with Crippen molar-refractivity contribution in [3.8, 4) is 0 Å². The van der Waals surface area contributed by atoms with E-state index in [4.69, 9.17) is 0 Å². The van der Waals surface area contributed by atoms with Crippen molar-refractivity contribution >= 4 is 16.1 Å². The molecule has 2 unspecified atom stereocenters. The van der Waals surface area contributed by atoms with Crippen LogP contribution in [0.1, 0.15) is 26.7 Å². The zero-order chi connectivity index (χ0) is 17.9. The van der Waals surface area contributed by atoms with E-state index >= 15 is 0 Å². The van der Waals surface area contributed by atoms with Crippen LogP contribution in [0.15, 0.2) is 46.6 Å². The molecule has 3 heteroatoms. The van der Waals surface area contributed by atoms with Gasteiger partial charge in [0.05, 0.1) is 0 Å². The van der Waals surface area contributed by atoms with Gasteiger partial charge in [0.1, 0.15) is 0 Å². The molecule has 3 aliphatic rings. The molecule has 0 fully saturated rings. The fourth-order valence-electron chi connectivity index (χ4n) is 4.87.